The first kappa shape index (κ1) is 11.2. The van der Waals surface area contributed by atoms with Gasteiger partial charge in [0.2, 0.25) is 0 Å². The van der Waals surface area contributed by atoms with Crippen LogP contribution in [0.5, 0.6) is 0 Å². The van der Waals surface area contributed by atoms with E-state index in [2.05, 4.69) is 35.2 Å². The molecule has 1 aromatic rings. The Labute approximate surface area is 104 Å². The summed E-state index contributed by atoms with van der Waals surface area (Å²) in [5.74, 6) is 1.78. The molecule has 3 atom stereocenters. The Hall–Kier alpha value is -0.860. The van der Waals surface area contributed by atoms with Gasteiger partial charge in [-0.1, -0.05) is 30.3 Å². The quantitative estimate of drug-likeness (QED) is 0.844. The summed E-state index contributed by atoms with van der Waals surface area (Å²) in [6, 6.07) is 11.3. The van der Waals surface area contributed by atoms with Crippen LogP contribution in [0.1, 0.15) is 24.8 Å². The molecule has 0 aromatic heterocycles. The van der Waals surface area contributed by atoms with Gasteiger partial charge in [0.15, 0.2) is 0 Å². The van der Waals surface area contributed by atoms with Crippen molar-refractivity contribution in [3.8, 4) is 0 Å². The minimum atomic E-state index is 0.466. The molecule has 2 nitrogen and oxygen atoms in total. The first-order valence-electron chi connectivity index (χ1n) is 6.83. The zero-order chi connectivity index (χ0) is 11.7. The standard InChI is InChI=1S/C15H22N2/c16-15-7-6-13-10-17(11-14(13)8-15)9-12-4-2-1-3-5-12/h1-5,13-15H,6-11,16H2/t13-,14-,15+/m0/s1. The zero-order valence-electron chi connectivity index (χ0n) is 10.4. The Bertz CT molecular complexity index is 362. The van der Waals surface area contributed by atoms with Crippen molar-refractivity contribution in [1.82, 2.24) is 4.90 Å². The molecule has 0 radical (unpaired) electrons. The third kappa shape index (κ3) is 2.53. The summed E-state index contributed by atoms with van der Waals surface area (Å²) in [5.41, 5.74) is 7.51. The third-order valence-electron chi connectivity index (χ3n) is 4.41. The highest BCUT2D eigenvalue weighted by Gasteiger charge is 2.36. The Morgan fingerprint density at radius 1 is 1.06 bits per heavy atom. The molecule has 1 saturated heterocycles. The van der Waals surface area contributed by atoms with Gasteiger partial charge in [0.25, 0.3) is 0 Å². The molecule has 2 N–H and O–H groups in total. The second-order valence-electron chi connectivity index (χ2n) is 5.77. The van der Waals surface area contributed by atoms with Gasteiger partial charge < -0.3 is 5.73 Å². The van der Waals surface area contributed by atoms with Crippen molar-refractivity contribution < 1.29 is 0 Å². The van der Waals surface area contributed by atoms with E-state index in [9.17, 15) is 0 Å². The molecule has 0 spiro atoms. The zero-order valence-corrected chi connectivity index (χ0v) is 10.4. The molecule has 3 rings (SSSR count). The van der Waals surface area contributed by atoms with Gasteiger partial charge in [-0.05, 0) is 36.7 Å². The van der Waals surface area contributed by atoms with Crippen LogP contribution in [0.3, 0.4) is 0 Å². The molecule has 1 saturated carbocycles. The van der Waals surface area contributed by atoms with Gasteiger partial charge in [0.05, 0.1) is 0 Å². The van der Waals surface area contributed by atoms with Crippen LogP contribution >= 0.6 is 0 Å². The average Bonchev–Trinajstić information content (AvgIpc) is 2.71. The van der Waals surface area contributed by atoms with Crippen molar-refractivity contribution >= 4 is 0 Å². The molecule has 2 aliphatic rings. The van der Waals surface area contributed by atoms with E-state index >= 15 is 0 Å². The predicted molar refractivity (Wildman–Crippen MR) is 70.5 cm³/mol. The molecule has 0 amide bonds. The van der Waals surface area contributed by atoms with Crippen molar-refractivity contribution in [2.75, 3.05) is 13.1 Å². The molecule has 1 aromatic carbocycles. The molecule has 1 heterocycles. The number of fused-ring (bicyclic) bond motifs is 1. The molecule has 17 heavy (non-hydrogen) atoms. The summed E-state index contributed by atoms with van der Waals surface area (Å²) in [6.07, 6.45) is 3.83. The molecule has 2 fully saturated rings. The predicted octanol–water partition coefficient (Wildman–Crippen LogP) is 2.25. The summed E-state index contributed by atoms with van der Waals surface area (Å²) < 4.78 is 0. The molecular formula is C15H22N2. The van der Waals surface area contributed by atoms with Gasteiger partial charge in [-0.25, -0.2) is 0 Å². The Morgan fingerprint density at radius 3 is 2.65 bits per heavy atom. The molecular weight excluding hydrogens is 208 g/mol. The number of nitrogens with zero attached hydrogens (tertiary/aromatic N) is 1. The topological polar surface area (TPSA) is 29.3 Å². The average molecular weight is 230 g/mol. The Kier molecular flexibility index (Phi) is 3.17. The van der Waals surface area contributed by atoms with Gasteiger partial charge in [0, 0.05) is 25.7 Å². The lowest BCUT2D eigenvalue weighted by atomic mass is 9.79. The molecule has 0 unspecified atom stereocenters. The van der Waals surface area contributed by atoms with Crippen LogP contribution in [0.4, 0.5) is 0 Å². The fraction of sp³-hybridized carbons (Fsp3) is 0.600. The maximum absolute atomic E-state index is 6.07. The van der Waals surface area contributed by atoms with Crippen LogP contribution < -0.4 is 5.73 Å². The van der Waals surface area contributed by atoms with Crippen molar-refractivity contribution in [2.45, 2.75) is 31.8 Å². The van der Waals surface area contributed by atoms with Crippen molar-refractivity contribution in [3.05, 3.63) is 35.9 Å². The van der Waals surface area contributed by atoms with E-state index in [1.165, 1.54) is 37.9 Å². The summed E-state index contributed by atoms with van der Waals surface area (Å²) in [4.78, 5) is 2.61. The van der Waals surface area contributed by atoms with Gasteiger partial charge in [0.1, 0.15) is 0 Å². The second kappa shape index (κ2) is 4.79. The minimum Gasteiger partial charge on any atom is -0.328 e. The largest absolute Gasteiger partial charge is 0.328 e. The fourth-order valence-electron chi connectivity index (χ4n) is 3.54. The van der Waals surface area contributed by atoms with Crippen molar-refractivity contribution in [1.29, 1.82) is 0 Å². The lowest BCUT2D eigenvalue weighted by molar-refractivity contribution is 0.271. The second-order valence-corrected chi connectivity index (χ2v) is 5.77. The third-order valence-corrected chi connectivity index (χ3v) is 4.41. The van der Waals surface area contributed by atoms with Crippen LogP contribution in [-0.2, 0) is 6.54 Å². The first-order chi connectivity index (χ1) is 8.31. The highest BCUT2D eigenvalue weighted by Crippen LogP contribution is 2.36. The minimum absolute atomic E-state index is 0.466. The Balaban J connectivity index is 1.60. The van der Waals surface area contributed by atoms with Gasteiger partial charge >= 0.3 is 0 Å². The number of nitrogens with two attached hydrogens (primary N) is 1. The first-order valence-corrected chi connectivity index (χ1v) is 6.83. The van der Waals surface area contributed by atoms with Crippen molar-refractivity contribution in [2.24, 2.45) is 17.6 Å². The highest BCUT2D eigenvalue weighted by molar-refractivity contribution is 5.14. The van der Waals surface area contributed by atoms with E-state index < -0.39 is 0 Å². The number of hydrogen-bond acceptors (Lipinski definition) is 2. The number of hydrogen-bond donors (Lipinski definition) is 1. The smallest absolute Gasteiger partial charge is 0.0233 e. The number of rotatable bonds is 2. The van der Waals surface area contributed by atoms with E-state index in [0.29, 0.717) is 6.04 Å². The van der Waals surface area contributed by atoms with Gasteiger partial charge in [-0.15, -0.1) is 0 Å². The van der Waals surface area contributed by atoms with Crippen LogP contribution in [0.25, 0.3) is 0 Å². The SMILES string of the molecule is N[C@@H]1CC[C@H]2CN(Cc3ccccc3)C[C@@H]2C1. The van der Waals surface area contributed by atoms with E-state index in [1.807, 2.05) is 0 Å². The van der Waals surface area contributed by atoms with Gasteiger partial charge in [-0.3, -0.25) is 4.90 Å². The summed E-state index contributed by atoms with van der Waals surface area (Å²) >= 11 is 0. The van der Waals surface area contributed by atoms with E-state index in [0.717, 1.165) is 18.4 Å². The van der Waals surface area contributed by atoms with E-state index in [4.69, 9.17) is 5.73 Å². The van der Waals surface area contributed by atoms with E-state index in [1.54, 1.807) is 0 Å². The normalized spacial score (nSPS) is 33.6. The summed E-state index contributed by atoms with van der Waals surface area (Å²) in [7, 11) is 0. The lowest BCUT2D eigenvalue weighted by Crippen LogP contribution is -2.32. The molecule has 92 valence electrons. The maximum atomic E-state index is 6.07. The summed E-state index contributed by atoms with van der Waals surface area (Å²) in [6.45, 7) is 3.66. The van der Waals surface area contributed by atoms with Crippen LogP contribution in [-0.4, -0.2) is 24.0 Å². The molecule has 0 bridgehead atoms. The van der Waals surface area contributed by atoms with Crippen LogP contribution in [0.15, 0.2) is 30.3 Å². The molecule has 1 aliphatic carbocycles. The number of likely N-dealkylation sites (tertiary alicyclic amines) is 1. The highest BCUT2D eigenvalue weighted by atomic mass is 15.2. The van der Waals surface area contributed by atoms with Crippen LogP contribution in [0.2, 0.25) is 0 Å². The fourth-order valence-corrected chi connectivity index (χ4v) is 3.54. The van der Waals surface area contributed by atoms with Crippen molar-refractivity contribution in [3.63, 3.8) is 0 Å². The monoisotopic (exact) mass is 230 g/mol. The number of benzene rings is 1. The molecule has 1 aliphatic heterocycles. The summed E-state index contributed by atoms with van der Waals surface area (Å²) in [5, 5.41) is 0. The molecule has 2 heteroatoms. The Morgan fingerprint density at radius 2 is 1.82 bits per heavy atom. The maximum Gasteiger partial charge on any atom is 0.0233 e. The van der Waals surface area contributed by atoms with E-state index in [-0.39, 0.29) is 0 Å². The lowest BCUT2D eigenvalue weighted by Gasteiger charge is -2.28. The van der Waals surface area contributed by atoms with Crippen LogP contribution in [0, 0.1) is 11.8 Å². The van der Waals surface area contributed by atoms with Gasteiger partial charge in [-0.2, -0.15) is 0 Å².